The number of para-hydroxylation sites is 1. The lowest BCUT2D eigenvalue weighted by Gasteiger charge is -2.21. The molecule has 0 bridgehead atoms. The van der Waals surface area contributed by atoms with Gasteiger partial charge in [0, 0.05) is 19.9 Å². The zero-order valence-electron chi connectivity index (χ0n) is 34.5. The zero-order valence-corrected chi connectivity index (χ0v) is 34.5. The summed E-state index contributed by atoms with van der Waals surface area (Å²) in [5, 5.41) is 0. The van der Waals surface area contributed by atoms with E-state index in [0.717, 1.165) is 30.1 Å². The maximum atomic E-state index is 5.41. The molecule has 0 spiro atoms. The second-order valence-electron chi connectivity index (χ2n) is 16.2. The topological polar surface area (TPSA) is 9.23 Å². The molecule has 5 aromatic carbocycles. The summed E-state index contributed by atoms with van der Waals surface area (Å²) in [7, 11) is 0. The largest absolute Gasteiger partial charge is 0.493 e. The highest BCUT2D eigenvalue weighted by Crippen LogP contribution is 2.34. The lowest BCUT2D eigenvalue weighted by molar-refractivity contribution is 0.337. The van der Waals surface area contributed by atoms with Gasteiger partial charge in [-0.1, -0.05) is 163 Å². The van der Waals surface area contributed by atoms with Gasteiger partial charge in [-0.3, -0.25) is 0 Å². The van der Waals surface area contributed by atoms with E-state index in [1.807, 2.05) is 12.1 Å². The summed E-state index contributed by atoms with van der Waals surface area (Å²) in [5.41, 5.74) is 13.7. The summed E-state index contributed by atoms with van der Waals surface area (Å²) in [6, 6.07) is 43.3. The molecule has 0 saturated carbocycles. The summed E-state index contributed by atoms with van der Waals surface area (Å²) in [4.78, 5) is 0. The number of hydrogen-bond acceptors (Lipinski definition) is 1. The molecule has 0 N–H and O–H groups in total. The van der Waals surface area contributed by atoms with E-state index in [0.29, 0.717) is 11.8 Å². The Balaban J connectivity index is 0.000000150. The monoisotopic (exact) mass is 718 g/mol. The summed E-state index contributed by atoms with van der Waals surface area (Å²) in [6.45, 7) is 16.6. The van der Waals surface area contributed by atoms with Crippen LogP contribution in [0.2, 0.25) is 0 Å². The molecule has 0 saturated heterocycles. The van der Waals surface area contributed by atoms with E-state index < -0.39 is 0 Å². The second kappa shape index (κ2) is 21.8. The van der Waals surface area contributed by atoms with Crippen LogP contribution >= 0.6 is 0 Å². The normalized spacial score (nSPS) is 19.9. The van der Waals surface area contributed by atoms with E-state index >= 15 is 0 Å². The first kappa shape index (κ1) is 42.7. The third-order valence-electron chi connectivity index (χ3n) is 11.8. The first-order valence-electron chi connectivity index (χ1n) is 20.7. The first-order chi connectivity index (χ1) is 25.7. The van der Waals surface area contributed by atoms with Crippen molar-refractivity contribution < 1.29 is 4.74 Å². The third-order valence-corrected chi connectivity index (χ3v) is 11.8. The molecule has 54 heavy (non-hydrogen) atoms. The summed E-state index contributed by atoms with van der Waals surface area (Å²) in [6.07, 6.45) is 12.1. The molecule has 9 rings (SSSR count). The van der Waals surface area contributed by atoms with Crippen molar-refractivity contribution >= 4 is 8.41 Å². The Labute approximate surface area is 331 Å². The van der Waals surface area contributed by atoms with Gasteiger partial charge in [-0.2, -0.15) is 0 Å². The highest BCUT2D eigenvalue weighted by atomic mass is 16.5. The van der Waals surface area contributed by atoms with Gasteiger partial charge in [0.1, 0.15) is 5.75 Å². The Hall–Kier alpha value is -4.04. The van der Waals surface area contributed by atoms with Crippen LogP contribution in [-0.4, -0.2) is 15.0 Å². The van der Waals surface area contributed by atoms with Crippen LogP contribution < -0.4 is 4.74 Å². The number of hydrogen-bond donors (Lipinski definition) is 0. The van der Waals surface area contributed by atoms with E-state index in [2.05, 4.69) is 158 Å². The predicted molar refractivity (Wildman–Crippen MR) is 235 cm³/mol. The van der Waals surface area contributed by atoms with Gasteiger partial charge in [-0.05, 0) is 133 Å². The molecule has 4 aliphatic rings. The molecule has 283 valence electrons. The minimum Gasteiger partial charge on any atom is -0.493 e. The number of aryl methyl sites for hydroxylation is 4. The molecule has 1 nitrogen and oxygen atoms in total. The summed E-state index contributed by atoms with van der Waals surface area (Å²) in [5.74, 6) is 4.67. The van der Waals surface area contributed by atoms with Crippen molar-refractivity contribution in [2.75, 3.05) is 6.61 Å². The van der Waals surface area contributed by atoms with Gasteiger partial charge in [-0.15, -0.1) is 0 Å². The van der Waals surface area contributed by atoms with Crippen molar-refractivity contribution in [3.63, 3.8) is 0 Å². The molecule has 2 heteroatoms. The average Bonchev–Trinajstić information content (AvgIpc) is 3.70. The molecule has 3 aliphatic carbocycles. The highest BCUT2D eigenvalue weighted by Gasteiger charge is 2.19. The maximum absolute atomic E-state index is 5.41. The lowest BCUT2D eigenvalue weighted by Crippen LogP contribution is -2.05. The summed E-state index contributed by atoms with van der Waals surface area (Å²) < 4.78 is 5.41. The van der Waals surface area contributed by atoms with Gasteiger partial charge in [0.25, 0.3) is 0 Å². The predicted octanol–water partition coefficient (Wildman–Crippen LogP) is 14.3. The summed E-state index contributed by atoms with van der Waals surface area (Å²) >= 11 is 0. The average molecular weight is 718 g/mol. The van der Waals surface area contributed by atoms with Gasteiger partial charge in [0.15, 0.2) is 0 Å². The van der Waals surface area contributed by atoms with Gasteiger partial charge < -0.3 is 4.74 Å². The van der Waals surface area contributed by atoms with Crippen LogP contribution in [-0.2, 0) is 19.3 Å². The Morgan fingerprint density at radius 2 is 0.907 bits per heavy atom. The molecule has 0 amide bonds. The van der Waals surface area contributed by atoms with Crippen molar-refractivity contribution in [3.05, 3.63) is 171 Å². The van der Waals surface area contributed by atoms with Gasteiger partial charge in [0.2, 0.25) is 0 Å². The Morgan fingerprint density at radius 1 is 0.463 bits per heavy atom. The number of fused-ring (bicyclic) bond motifs is 4. The van der Waals surface area contributed by atoms with Crippen molar-refractivity contribution in [1.29, 1.82) is 0 Å². The van der Waals surface area contributed by atoms with Crippen LogP contribution in [0.3, 0.4) is 0 Å². The minimum atomic E-state index is 0. The molecule has 4 unspecified atom stereocenters. The maximum Gasteiger partial charge on any atom is 0.122 e. The zero-order chi connectivity index (χ0) is 37.6. The Bertz CT molecular complexity index is 1780. The fourth-order valence-corrected chi connectivity index (χ4v) is 8.49. The van der Waals surface area contributed by atoms with Gasteiger partial charge in [-0.25, -0.2) is 0 Å². The molecule has 1 aliphatic heterocycles. The SMILES string of the molecule is CC1CCCCc2ccccc21.CC1CCCc2ccccc21.CC1CCc2ccccc21.CC1COc2ccccc21.Cc1ccccc1C(C)C.[B]. The van der Waals surface area contributed by atoms with Crippen LogP contribution in [0, 0.1) is 6.92 Å². The molecule has 1 heterocycles. The molecule has 3 radical (unpaired) electrons. The van der Waals surface area contributed by atoms with Gasteiger partial charge >= 0.3 is 0 Å². The molecule has 0 aromatic heterocycles. The fraction of sp³-hybridized carbons (Fsp3) is 0.423. The van der Waals surface area contributed by atoms with Crippen molar-refractivity contribution in [2.45, 2.75) is 136 Å². The van der Waals surface area contributed by atoms with Crippen LogP contribution in [0.5, 0.6) is 5.75 Å². The van der Waals surface area contributed by atoms with Crippen molar-refractivity contribution in [1.82, 2.24) is 0 Å². The smallest absolute Gasteiger partial charge is 0.122 e. The van der Waals surface area contributed by atoms with Crippen LogP contribution in [0.4, 0.5) is 0 Å². The molecule has 4 atom stereocenters. The van der Waals surface area contributed by atoms with Crippen molar-refractivity contribution in [2.24, 2.45) is 0 Å². The molecular weight excluding hydrogens is 651 g/mol. The Kier molecular flexibility index (Phi) is 17.2. The van der Waals surface area contributed by atoms with E-state index in [9.17, 15) is 0 Å². The standard InChI is InChI=1S/C12H16.C11H14.C10H12.C10H14.C9H10O.B/c1-10-6-2-3-7-11-8-4-5-9-12(10)11;1-9-5-4-7-10-6-2-3-8-11(9)10;1-8-6-7-9-4-2-3-5-10(8)9;1-8(2)10-7-5-4-6-9(10)3;1-7-6-10-9-5-3-2-4-8(7)9;/h4-5,8-10H,2-3,6-7H2,1H3;2-3,6,8-9H,4-5,7H2,1H3;2-5,8H,6-7H2,1H3;4-8H,1-3H3;2-5,7H,6H2,1H3;. The quantitative estimate of drug-likeness (QED) is 0.124. The fourth-order valence-electron chi connectivity index (χ4n) is 8.49. The third kappa shape index (κ3) is 12.0. The molecule has 0 fully saturated rings. The van der Waals surface area contributed by atoms with Crippen molar-refractivity contribution in [3.8, 4) is 5.75 Å². The van der Waals surface area contributed by atoms with E-state index in [4.69, 9.17) is 4.74 Å². The molecular formula is C52H66BO. The van der Waals surface area contributed by atoms with E-state index in [-0.39, 0.29) is 8.41 Å². The van der Waals surface area contributed by atoms with Crippen LogP contribution in [0.1, 0.15) is 160 Å². The van der Waals surface area contributed by atoms with Crippen LogP contribution in [0.25, 0.3) is 0 Å². The van der Waals surface area contributed by atoms with Crippen LogP contribution in [0.15, 0.2) is 121 Å². The van der Waals surface area contributed by atoms with Gasteiger partial charge in [0.05, 0.1) is 6.61 Å². The second-order valence-corrected chi connectivity index (χ2v) is 16.2. The number of ether oxygens (including phenoxy) is 1. The van der Waals surface area contributed by atoms with E-state index in [1.54, 1.807) is 33.4 Å². The first-order valence-corrected chi connectivity index (χ1v) is 20.7. The highest BCUT2D eigenvalue weighted by molar-refractivity contribution is 5.75. The minimum absolute atomic E-state index is 0. The number of benzene rings is 5. The Morgan fingerprint density at radius 3 is 1.43 bits per heavy atom. The lowest BCUT2D eigenvalue weighted by atomic mass is 9.84. The van der Waals surface area contributed by atoms with E-state index in [1.165, 1.54) is 74.5 Å². The molecule has 5 aromatic rings. The number of rotatable bonds is 1.